The number of nitrogen functional groups attached to an aromatic ring is 1. The summed E-state index contributed by atoms with van der Waals surface area (Å²) in [5.74, 6) is 6.74. The van der Waals surface area contributed by atoms with E-state index in [1.54, 1.807) is 0 Å². The third kappa shape index (κ3) is 3.93. The molecule has 9 heteroatoms. The number of aryl methyl sites for hydroxylation is 1. The predicted octanol–water partition coefficient (Wildman–Crippen LogP) is 2.94. The Labute approximate surface area is 154 Å². The molecule has 0 atom stereocenters. The largest absolute Gasteiger partial charge is 0.336 e. The summed E-state index contributed by atoms with van der Waals surface area (Å²) >= 11 is 2.71. The summed E-state index contributed by atoms with van der Waals surface area (Å²) < 4.78 is 2.50. The molecule has 1 aromatic carbocycles. The van der Waals surface area contributed by atoms with E-state index in [1.165, 1.54) is 33.3 Å². The van der Waals surface area contributed by atoms with Crippen molar-refractivity contribution >= 4 is 44.4 Å². The van der Waals surface area contributed by atoms with Crippen LogP contribution in [-0.2, 0) is 10.2 Å². The summed E-state index contributed by atoms with van der Waals surface area (Å²) in [6, 6.07) is 6.02. The van der Waals surface area contributed by atoms with E-state index in [1.807, 2.05) is 39.8 Å². The molecule has 0 aliphatic rings. The van der Waals surface area contributed by atoms with Crippen LogP contribution in [-0.4, -0.2) is 31.5 Å². The lowest BCUT2D eigenvalue weighted by Crippen LogP contribution is -2.24. The van der Waals surface area contributed by atoms with E-state index in [9.17, 15) is 4.79 Å². The van der Waals surface area contributed by atoms with Crippen molar-refractivity contribution in [2.75, 3.05) is 16.9 Å². The first-order chi connectivity index (χ1) is 11.7. The molecule has 7 nitrogen and oxygen atoms in total. The topological polar surface area (TPSA) is 98.7 Å². The third-order valence-electron chi connectivity index (χ3n) is 3.46. The Balaban J connectivity index is 1.64. The number of fused-ring (bicyclic) bond motifs is 1. The van der Waals surface area contributed by atoms with Crippen LogP contribution < -0.4 is 11.2 Å². The molecule has 0 aliphatic carbocycles. The Kier molecular flexibility index (Phi) is 4.70. The standard InChI is InChI=1S/C16H20N6OS2/c1-9-5-6-10-11(7-9)25-14(18-10)19-12(23)8-24-15-21-20-13(22(15)17)16(2,3)4/h5-7H,8,17H2,1-4H3,(H,18,19,23). The number of thiazole rings is 1. The van der Waals surface area contributed by atoms with Gasteiger partial charge in [0.15, 0.2) is 11.0 Å². The lowest BCUT2D eigenvalue weighted by atomic mass is 9.96. The lowest BCUT2D eigenvalue weighted by Gasteiger charge is -2.16. The van der Waals surface area contributed by atoms with Gasteiger partial charge in [-0.15, -0.1) is 10.2 Å². The summed E-state index contributed by atoms with van der Waals surface area (Å²) in [5.41, 5.74) is 1.85. The Morgan fingerprint density at radius 2 is 2.12 bits per heavy atom. The summed E-state index contributed by atoms with van der Waals surface area (Å²) in [4.78, 5) is 16.6. The van der Waals surface area contributed by atoms with Crippen LogP contribution in [0.15, 0.2) is 23.4 Å². The third-order valence-corrected chi connectivity index (χ3v) is 5.33. The molecule has 0 bridgehead atoms. The minimum absolute atomic E-state index is 0.152. The van der Waals surface area contributed by atoms with Gasteiger partial charge in [0.1, 0.15) is 0 Å². The van der Waals surface area contributed by atoms with Crippen molar-refractivity contribution in [1.29, 1.82) is 0 Å². The van der Waals surface area contributed by atoms with E-state index in [-0.39, 0.29) is 17.1 Å². The number of carbonyl (C=O) groups is 1. The summed E-state index contributed by atoms with van der Waals surface area (Å²) in [6.07, 6.45) is 0. The molecule has 0 fully saturated rings. The van der Waals surface area contributed by atoms with E-state index >= 15 is 0 Å². The van der Waals surface area contributed by atoms with Gasteiger partial charge in [-0.25, -0.2) is 9.66 Å². The number of anilines is 1. The molecule has 3 N–H and O–H groups in total. The van der Waals surface area contributed by atoms with Crippen molar-refractivity contribution < 1.29 is 4.79 Å². The van der Waals surface area contributed by atoms with Crippen LogP contribution >= 0.6 is 23.1 Å². The molecule has 0 spiro atoms. The van der Waals surface area contributed by atoms with Crippen molar-refractivity contribution in [3.63, 3.8) is 0 Å². The molecule has 0 aliphatic heterocycles. The highest BCUT2D eigenvalue weighted by atomic mass is 32.2. The van der Waals surface area contributed by atoms with Gasteiger partial charge in [0.05, 0.1) is 16.0 Å². The maximum atomic E-state index is 12.2. The van der Waals surface area contributed by atoms with Crippen LogP contribution in [0.25, 0.3) is 10.2 Å². The second-order valence-electron chi connectivity index (χ2n) is 6.75. The maximum Gasteiger partial charge on any atom is 0.236 e. The van der Waals surface area contributed by atoms with Crippen LogP contribution in [0.2, 0.25) is 0 Å². The van der Waals surface area contributed by atoms with Crippen LogP contribution in [0.4, 0.5) is 5.13 Å². The minimum Gasteiger partial charge on any atom is -0.336 e. The monoisotopic (exact) mass is 376 g/mol. The number of nitrogens with one attached hydrogen (secondary N) is 1. The van der Waals surface area contributed by atoms with Crippen LogP contribution in [0.3, 0.4) is 0 Å². The average molecular weight is 377 g/mol. The molecular weight excluding hydrogens is 356 g/mol. The van der Waals surface area contributed by atoms with Gasteiger partial charge < -0.3 is 11.2 Å². The molecule has 1 amide bonds. The smallest absolute Gasteiger partial charge is 0.236 e. The summed E-state index contributed by atoms with van der Waals surface area (Å²) in [5, 5.41) is 12.1. The molecule has 3 rings (SSSR count). The number of nitrogens with two attached hydrogens (primary N) is 1. The van der Waals surface area contributed by atoms with Crippen molar-refractivity contribution in [3.05, 3.63) is 29.6 Å². The fourth-order valence-electron chi connectivity index (χ4n) is 2.26. The molecule has 0 saturated heterocycles. The molecule has 2 aromatic heterocycles. The fraction of sp³-hybridized carbons (Fsp3) is 0.375. The quantitative estimate of drug-likeness (QED) is 0.536. The number of hydrogen-bond donors (Lipinski definition) is 2. The second-order valence-corrected chi connectivity index (χ2v) is 8.73. The zero-order valence-corrected chi connectivity index (χ0v) is 16.2. The van der Waals surface area contributed by atoms with Gasteiger partial charge in [0, 0.05) is 5.41 Å². The van der Waals surface area contributed by atoms with Gasteiger partial charge >= 0.3 is 0 Å². The van der Waals surface area contributed by atoms with E-state index in [2.05, 4.69) is 26.6 Å². The summed E-state index contributed by atoms with van der Waals surface area (Å²) in [7, 11) is 0. The van der Waals surface area contributed by atoms with Gasteiger partial charge in [-0.1, -0.05) is 49.9 Å². The number of hydrogen-bond acceptors (Lipinski definition) is 7. The number of amides is 1. The summed E-state index contributed by atoms with van der Waals surface area (Å²) in [6.45, 7) is 8.06. The highest BCUT2D eigenvalue weighted by Gasteiger charge is 2.23. The van der Waals surface area contributed by atoms with Crippen LogP contribution in [0.1, 0.15) is 32.2 Å². The molecule has 0 saturated carbocycles. The highest BCUT2D eigenvalue weighted by Crippen LogP contribution is 2.27. The van der Waals surface area contributed by atoms with Crippen molar-refractivity contribution in [3.8, 4) is 0 Å². The number of carbonyl (C=O) groups excluding carboxylic acids is 1. The molecule has 132 valence electrons. The van der Waals surface area contributed by atoms with Gasteiger partial charge in [-0.05, 0) is 24.6 Å². The van der Waals surface area contributed by atoms with Crippen molar-refractivity contribution in [2.45, 2.75) is 38.3 Å². The Bertz CT molecular complexity index is 924. The van der Waals surface area contributed by atoms with Gasteiger partial charge in [-0.3, -0.25) is 4.79 Å². The molecular formula is C16H20N6OS2. The average Bonchev–Trinajstić information content (AvgIpc) is 3.07. The first-order valence-corrected chi connectivity index (χ1v) is 9.55. The van der Waals surface area contributed by atoms with Crippen LogP contribution in [0.5, 0.6) is 0 Å². The number of aromatic nitrogens is 4. The first kappa shape index (κ1) is 17.7. The second kappa shape index (κ2) is 6.64. The fourth-order valence-corrected chi connectivity index (χ4v) is 3.89. The van der Waals surface area contributed by atoms with Gasteiger partial charge in [-0.2, -0.15) is 0 Å². The maximum absolute atomic E-state index is 12.2. The number of nitrogens with zero attached hydrogens (tertiary/aromatic N) is 4. The van der Waals surface area contributed by atoms with Crippen LogP contribution in [0, 0.1) is 6.92 Å². The molecule has 0 radical (unpaired) electrons. The molecule has 25 heavy (non-hydrogen) atoms. The van der Waals surface area contributed by atoms with Gasteiger partial charge in [0.2, 0.25) is 11.1 Å². The van der Waals surface area contributed by atoms with Crippen molar-refractivity contribution in [2.24, 2.45) is 0 Å². The molecule has 0 unspecified atom stereocenters. The molecule has 3 aromatic rings. The molecule has 2 heterocycles. The minimum atomic E-state index is -0.206. The normalized spacial score (nSPS) is 11.8. The SMILES string of the molecule is Cc1ccc2nc(NC(=O)CSc3nnc(C(C)(C)C)n3N)sc2c1. The predicted molar refractivity (Wildman–Crippen MR) is 103 cm³/mol. The zero-order valence-electron chi connectivity index (χ0n) is 14.5. The number of benzene rings is 1. The number of rotatable bonds is 4. The zero-order chi connectivity index (χ0) is 18.2. The highest BCUT2D eigenvalue weighted by molar-refractivity contribution is 7.99. The van der Waals surface area contributed by atoms with Gasteiger partial charge in [0.25, 0.3) is 0 Å². The van der Waals surface area contributed by atoms with E-state index in [4.69, 9.17) is 5.84 Å². The number of thioether (sulfide) groups is 1. The van der Waals surface area contributed by atoms with E-state index in [0.717, 1.165) is 10.2 Å². The van der Waals surface area contributed by atoms with E-state index in [0.29, 0.717) is 16.1 Å². The Morgan fingerprint density at radius 1 is 1.36 bits per heavy atom. The first-order valence-electron chi connectivity index (χ1n) is 7.75. The lowest BCUT2D eigenvalue weighted by molar-refractivity contribution is -0.113. The Morgan fingerprint density at radius 3 is 2.80 bits per heavy atom. The Hall–Kier alpha value is -2.13. The van der Waals surface area contributed by atoms with E-state index < -0.39 is 0 Å². The van der Waals surface area contributed by atoms with Crippen molar-refractivity contribution in [1.82, 2.24) is 19.9 Å².